The SMILES string of the molecule is C[C@H](NC(=O)[C@@H](CCS)CC1CCCCC1)C(=O)O. The van der Waals surface area contributed by atoms with E-state index >= 15 is 0 Å². The van der Waals surface area contributed by atoms with Crippen molar-refractivity contribution >= 4 is 24.5 Å². The van der Waals surface area contributed by atoms with Gasteiger partial charge in [-0.25, -0.2) is 0 Å². The molecule has 0 aromatic heterocycles. The molecule has 2 N–H and O–H groups in total. The van der Waals surface area contributed by atoms with E-state index in [1.165, 1.54) is 39.0 Å². The van der Waals surface area contributed by atoms with Crippen LogP contribution in [0.3, 0.4) is 0 Å². The zero-order valence-electron chi connectivity index (χ0n) is 11.6. The first-order valence-corrected chi connectivity index (χ1v) is 7.82. The van der Waals surface area contributed by atoms with Gasteiger partial charge in [0.25, 0.3) is 0 Å². The average molecular weight is 287 g/mol. The maximum absolute atomic E-state index is 12.1. The molecule has 1 fully saturated rings. The summed E-state index contributed by atoms with van der Waals surface area (Å²) in [6.07, 6.45) is 7.80. The van der Waals surface area contributed by atoms with Crippen LogP contribution in [-0.4, -0.2) is 28.8 Å². The Labute approximate surface area is 120 Å². The van der Waals surface area contributed by atoms with Crippen molar-refractivity contribution in [3.63, 3.8) is 0 Å². The zero-order chi connectivity index (χ0) is 14.3. The highest BCUT2D eigenvalue weighted by atomic mass is 32.1. The Bertz CT molecular complexity index is 303. The standard InChI is InChI=1S/C14H25NO3S/c1-10(14(17)18)15-13(16)12(7-8-19)9-11-5-3-2-4-6-11/h10-12,19H,2-9H2,1H3,(H,15,16)(H,17,18)/t10-,12-/m0/s1. The van der Waals surface area contributed by atoms with E-state index in [2.05, 4.69) is 17.9 Å². The Hall–Kier alpha value is -0.710. The lowest BCUT2D eigenvalue weighted by atomic mass is 9.81. The van der Waals surface area contributed by atoms with Crippen LogP contribution < -0.4 is 5.32 Å². The van der Waals surface area contributed by atoms with Crippen molar-refractivity contribution in [3.05, 3.63) is 0 Å². The predicted molar refractivity (Wildman–Crippen MR) is 78.4 cm³/mol. The molecule has 1 saturated carbocycles. The summed E-state index contributed by atoms with van der Waals surface area (Å²) >= 11 is 4.21. The number of hydrogen-bond donors (Lipinski definition) is 3. The Morgan fingerprint density at radius 1 is 1.32 bits per heavy atom. The summed E-state index contributed by atoms with van der Waals surface area (Å²) in [5.74, 6) is 0.0591. The fourth-order valence-electron chi connectivity index (χ4n) is 2.73. The zero-order valence-corrected chi connectivity index (χ0v) is 12.5. The van der Waals surface area contributed by atoms with Crippen LogP contribution in [0.5, 0.6) is 0 Å². The van der Waals surface area contributed by atoms with Crippen LogP contribution >= 0.6 is 12.6 Å². The number of carboxylic acid groups (broad SMARTS) is 1. The van der Waals surface area contributed by atoms with Crippen LogP contribution in [-0.2, 0) is 9.59 Å². The van der Waals surface area contributed by atoms with Crippen LogP contribution in [0.1, 0.15) is 51.9 Å². The lowest BCUT2D eigenvalue weighted by Crippen LogP contribution is -2.42. The van der Waals surface area contributed by atoms with Crippen LogP contribution in [0.15, 0.2) is 0 Å². The first kappa shape index (κ1) is 16.3. The number of hydrogen-bond acceptors (Lipinski definition) is 3. The Kier molecular flexibility index (Phi) is 7.28. The van der Waals surface area contributed by atoms with Crippen molar-refractivity contribution in [1.29, 1.82) is 0 Å². The van der Waals surface area contributed by atoms with Gasteiger partial charge in [-0.05, 0) is 31.4 Å². The van der Waals surface area contributed by atoms with Gasteiger partial charge in [0.15, 0.2) is 0 Å². The summed E-state index contributed by atoms with van der Waals surface area (Å²) in [6.45, 7) is 1.50. The molecule has 0 radical (unpaired) electrons. The molecule has 1 aliphatic rings. The largest absolute Gasteiger partial charge is 0.480 e. The maximum atomic E-state index is 12.1. The molecule has 0 aliphatic heterocycles. The number of amides is 1. The molecule has 4 nitrogen and oxygen atoms in total. The van der Waals surface area contributed by atoms with Gasteiger partial charge in [-0.2, -0.15) is 12.6 Å². The molecule has 2 atom stereocenters. The average Bonchev–Trinajstić information content (AvgIpc) is 2.39. The second-order valence-corrected chi connectivity index (χ2v) is 5.96. The molecule has 0 aromatic rings. The first-order chi connectivity index (χ1) is 9.04. The van der Waals surface area contributed by atoms with Crippen molar-refractivity contribution in [1.82, 2.24) is 5.32 Å². The fourth-order valence-corrected chi connectivity index (χ4v) is 3.04. The molecular weight excluding hydrogens is 262 g/mol. The van der Waals surface area contributed by atoms with Crippen molar-refractivity contribution in [2.75, 3.05) is 5.75 Å². The van der Waals surface area contributed by atoms with Gasteiger partial charge >= 0.3 is 5.97 Å². The van der Waals surface area contributed by atoms with Crippen LogP contribution in [0.25, 0.3) is 0 Å². The van der Waals surface area contributed by atoms with Gasteiger partial charge < -0.3 is 10.4 Å². The van der Waals surface area contributed by atoms with Crippen molar-refractivity contribution in [2.45, 2.75) is 57.9 Å². The highest BCUT2D eigenvalue weighted by Crippen LogP contribution is 2.30. The number of nitrogens with one attached hydrogen (secondary N) is 1. The molecular formula is C14H25NO3S. The molecule has 1 amide bonds. The molecule has 0 saturated heterocycles. The quantitative estimate of drug-likeness (QED) is 0.630. The lowest BCUT2D eigenvalue weighted by Gasteiger charge is -2.26. The van der Waals surface area contributed by atoms with Gasteiger partial charge in [0.1, 0.15) is 6.04 Å². The van der Waals surface area contributed by atoms with E-state index < -0.39 is 12.0 Å². The van der Waals surface area contributed by atoms with Gasteiger partial charge in [0, 0.05) is 5.92 Å². The molecule has 1 aliphatic carbocycles. The fraction of sp³-hybridized carbons (Fsp3) is 0.857. The van der Waals surface area contributed by atoms with Gasteiger partial charge in [-0.15, -0.1) is 0 Å². The third-order valence-corrected chi connectivity index (χ3v) is 4.18. The minimum absolute atomic E-state index is 0.0950. The predicted octanol–water partition coefficient (Wildman–Crippen LogP) is 2.48. The Morgan fingerprint density at radius 3 is 2.47 bits per heavy atom. The van der Waals surface area contributed by atoms with E-state index in [9.17, 15) is 9.59 Å². The third-order valence-electron chi connectivity index (χ3n) is 3.92. The summed E-state index contributed by atoms with van der Waals surface area (Å²) in [5.41, 5.74) is 0. The number of thiol groups is 1. The van der Waals surface area contributed by atoms with Crippen LogP contribution in [0.2, 0.25) is 0 Å². The first-order valence-electron chi connectivity index (χ1n) is 7.18. The van der Waals surface area contributed by atoms with E-state index in [1.54, 1.807) is 0 Å². The van der Waals surface area contributed by atoms with Crippen molar-refractivity contribution in [3.8, 4) is 0 Å². The molecule has 0 heterocycles. The summed E-state index contributed by atoms with van der Waals surface area (Å²) < 4.78 is 0. The number of carboxylic acids is 1. The molecule has 0 bridgehead atoms. The van der Waals surface area contributed by atoms with E-state index in [-0.39, 0.29) is 11.8 Å². The third kappa shape index (κ3) is 5.85. The van der Waals surface area contributed by atoms with Crippen LogP contribution in [0.4, 0.5) is 0 Å². The second-order valence-electron chi connectivity index (χ2n) is 5.52. The summed E-state index contributed by atoms with van der Waals surface area (Å²) in [4.78, 5) is 22.9. The van der Waals surface area contributed by atoms with E-state index in [0.29, 0.717) is 11.7 Å². The van der Waals surface area contributed by atoms with Gasteiger partial charge in [-0.1, -0.05) is 32.1 Å². The van der Waals surface area contributed by atoms with Gasteiger partial charge in [0.05, 0.1) is 0 Å². The molecule has 19 heavy (non-hydrogen) atoms. The van der Waals surface area contributed by atoms with Crippen molar-refractivity contribution in [2.24, 2.45) is 11.8 Å². The minimum Gasteiger partial charge on any atom is -0.480 e. The second kappa shape index (κ2) is 8.46. The van der Waals surface area contributed by atoms with Gasteiger partial charge in [-0.3, -0.25) is 9.59 Å². The highest BCUT2D eigenvalue weighted by molar-refractivity contribution is 7.80. The Balaban J connectivity index is 2.49. The Morgan fingerprint density at radius 2 is 1.95 bits per heavy atom. The summed E-state index contributed by atoms with van der Waals surface area (Å²) in [7, 11) is 0. The lowest BCUT2D eigenvalue weighted by molar-refractivity contribution is -0.142. The number of aliphatic carboxylic acids is 1. The molecule has 5 heteroatoms. The van der Waals surface area contributed by atoms with E-state index in [0.717, 1.165) is 12.8 Å². The normalized spacial score (nSPS) is 19.7. The molecule has 110 valence electrons. The summed E-state index contributed by atoms with van der Waals surface area (Å²) in [6, 6.07) is -0.818. The number of carbonyl (C=O) groups excluding carboxylic acids is 1. The monoisotopic (exact) mass is 287 g/mol. The van der Waals surface area contributed by atoms with Crippen molar-refractivity contribution < 1.29 is 14.7 Å². The van der Waals surface area contributed by atoms with E-state index in [4.69, 9.17) is 5.11 Å². The molecule has 1 rings (SSSR count). The minimum atomic E-state index is -0.990. The van der Waals surface area contributed by atoms with Crippen LogP contribution in [0, 0.1) is 11.8 Å². The highest BCUT2D eigenvalue weighted by Gasteiger charge is 2.25. The summed E-state index contributed by atoms with van der Waals surface area (Å²) in [5, 5.41) is 11.4. The van der Waals surface area contributed by atoms with Gasteiger partial charge in [0.2, 0.25) is 5.91 Å². The number of carbonyl (C=O) groups is 2. The molecule has 0 aromatic carbocycles. The number of rotatable bonds is 7. The maximum Gasteiger partial charge on any atom is 0.325 e. The molecule has 0 unspecified atom stereocenters. The molecule has 0 spiro atoms. The van der Waals surface area contributed by atoms with E-state index in [1.807, 2.05) is 0 Å². The topological polar surface area (TPSA) is 66.4 Å². The smallest absolute Gasteiger partial charge is 0.325 e.